The van der Waals surface area contributed by atoms with Crippen LogP contribution in [0.25, 0.3) is 0 Å². The van der Waals surface area contributed by atoms with Gasteiger partial charge in [-0.1, -0.05) is 0 Å². The van der Waals surface area contributed by atoms with Crippen molar-refractivity contribution in [2.75, 3.05) is 32.8 Å². The van der Waals surface area contributed by atoms with Crippen molar-refractivity contribution < 1.29 is 4.74 Å². The summed E-state index contributed by atoms with van der Waals surface area (Å²) in [5, 5.41) is 7.78. The van der Waals surface area contributed by atoms with Gasteiger partial charge in [0.15, 0.2) is 5.96 Å². The van der Waals surface area contributed by atoms with Crippen molar-refractivity contribution in [1.82, 2.24) is 15.6 Å². The summed E-state index contributed by atoms with van der Waals surface area (Å²) in [6.45, 7) is 12.3. The summed E-state index contributed by atoms with van der Waals surface area (Å²) in [7, 11) is 0. The quantitative estimate of drug-likeness (QED) is 0.417. The molecule has 1 rings (SSSR count). The minimum absolute atomic E-state index is 0.773. The van der Waals surface area contributed by atoms with Gasteiger partial charge in [-0.3, -0.25) is 4.99 Å². The highest BCUT2D eigenvalue weighted by Crippen LogP contribution is 2.16. The Morgan fingerprint density at radius 2 is 2.10 bits per heavy atom. The monoisotopic (exact) mass is 312 g/mol. The second-order valence-corrected chi connectivity index (χ2v) is 6.02. The third-order valence-electron chi connectivity index (χ3n) is 2.91. The predicted octanol–water partition coefficient (Wildman–Crippen LogP) is 2.28. The Hall–Kier alpha value is -1.14. The second kappa shape index (κ2) is 10.6. The van der Waals surface area contributed by atoms with Gasteiger partial charge in [-0.25, -0.2) is 4.98 Å². The fraction of sp³-hybridized carbons (Fsp3) is 0.733. The molecule has 0 fully saturated rings. The first-order chi connectivity index (χ1) is 10.2. The largest absolute Gasteiger partial charge is 0.382 e. The SMILES string of the molecule is CCNC(=NCCCOCC)NCCc1sc(C)nc1C. The van der Waals surface area contributed by atoms with E-state index in [4.69, 9.17) is 4.74 Å². The van der Waals surface area contributed by atoms with Crippen LogP contribution < -0.4 is 10.6 Å². The van der Waals surface area contributed by atoms with Crippen molar-refractivity contribution >= 4 is 17.3 Å². The molecule has 5 nitrogen and oxygen atoms in total. The number of ether oxygens (including phenoxy) is 1. The van der Waals surface area contributed by atoms with Crippen LogP contribution in [-0.2, 0) is 11.2 Å². The molecule has 0 unspecified atom stereocenters. The highest BCUT2D eigenvalue weighted by Gasteiger charge is 2.04. The van der Waals surface area contributed by atoms with E-state index in [9.17, 15) is 0 Å². The van der Waals surface area contributed by atoms with Crippen LogP contribution in [-0.4, -0.2) is 43.8 Å². The summed E-state index contributed by atoms with van der Waals surface area (Å²) in [6, 6.07) is 0. The first-order valence-electron chi connectivity index (χ1n) is 7.70. The third kappa shape index (κ3) is 7.43. The zero-order valence-electron chi connectivity index (χ0n) is 13.7. The topological polar surface area (TPSA) is 58.5 Å². The Labute approximate surface area is 132 Å². The number of rotatable bonds is 9. The predicted molar refractivity (Wildman–Crippen MR) is 90.4 cm³/mol. The molecule has 0 spiro atoms. The molecule has 0 aliphatic rings. The molecule has 1 aromatic rings. The van der Waals surface area contributed by atoms with E-state index in [-0.39, 0.29) is 0 Å². The van der Waals surface area contributed by atoms with Gasteiger partial charge in [0, 0.05) is 44.1 Å². The van der Waals surface area contributed by atoms with Gasteiger partial charge in [-0.2, -0.15) is 0 Å². The van der Waals surface area contributed by atoms with Gasteiger partial charge in [0.1, 0.15) is 0 Å². The number of aliphatic imine (C=N–C) groups is 1. The standard InChI is InChI=1S/C15H28N4OS/c1-5-16-15(17-9-7-11-20-6-2)18-10-8-14-12(3)19-13(4)21-14/h5-11H2,1-4H3,(H2,16,17,18). The molecule has 0 saturated heterocycles. The van der Waals surface area contributed by atoms with Gasteiger partial charge >= 0.3 is 0 Å². The molecule has 0 aromatic carbocycles. The van der Waals surface area contributed by atoms with Crippen LogP contribution in [0, 0.1) is 13.8 Å². The van der Waals surface area contributed by atoms with E-state index in [1.807, 2.05) is 6.92 Å². The van der Waals surface area contributed by atoms with Gasteiger partial charge in [-0.05, 0) is 34.1 Å². The maximum absolute atomic E-state index is 5.31. The maximum atomic E-state index is 5.31. The number of thiazole rings is 1. The number of guanidine groups is 1. The van der Waals surface area contributed by atoms with Gasteiger partial charge < -0.3 is 15.4 Å². The van der Waals surface area contributed by atoms with Crippen LogP contribution in [0.15, 0.2) is 4.99 Å². The van der Waals surface area contributed by atoms with Crippen molar-refractivity contribution in [1.29, 1.82) is 0 Å². The molecule has 2 N–H and O–H groups in total. The van der Waals surface area contributed by atoms with Crippen molar-refractivity contribution in [3.05, 3.63) is 15.6 Å². The highest BCUT2D eigenvalue weighted by atomic mass is 32.1. The summed E-state index contributed by atoms with van der Waals surface area (Å²) in [6.07, 6.45) is 1.94. The fourth-order valence-corrected chi connectivity index (χ4v) is 2.88. The van der Waals surface area contributed by atoms with Gasteiger partial charge in [0.2, 0.25) is 0 Å². The number of aromatic nitrogens is 1. The lowest BCUT2D eigenvalue weighted by Gasteiger charge is -2.11. The lowest BCUT2D eigenvalue weighted by Crippen LogP contribution is -2.38. The molecule has 21 heavy (non-hydrogen) atoms. The molecule has 0 amide bonds. The van der Waals surface area contributed by atoms with Crippen molar-refractivity contribution in [3.63, 3.8) is 0 Å². The number of aryl methyl sites for hydroxylation is 2. The molecule has 6 heteroatoms. The lowest BCUT2D eigenvalue weighted by molar-refractivity contribution is 0.146. The molecule has 1 heterocycles. The molecule has 1 aromatic heterocycles. The van der Waals surface area contributed by atoms with Crippen LogP contribution in [0.4, 0.5) is 0 Å². The van der Waals surface area contributed by atoms with Crippen LogP contribution in [0.5, 0.6) is 0 Å². The minimum Gasteiger partial charge on any atom is -0.382 e. The summed E-state index contributed by atoms with van der Waals surface area (Å²) >= 11 is 1.78. The maximum Gasteiger partial charge on any atom is 0.191 e. The van der Waals surface area contributed by atoms with Crippen molar-refractivity contribution in [2.45, 2.75) is 40.5 Å². The number of nitrogens with zero attached hydrogens (tertiary/aromatic N) is 2. The molecule has 0 aliphatic carbocycles. The van der Waals surface area contributed by atoms with Gasteiger partial charge in [0.25, 0.3) is 0 Å². The Kier molecular flexibility index (Phi) is 9.01. The number of nitrogens with one attached hydrogen (secondary N) is 2. The van der Waals surface area contributed by atoms with Crippen LogP contribution in [0.2, 0.25) is 0 Å². The molecule has 0 radical (unpaired) electrons. The minimum atomic E-state index is 0.773. The van der Waals surface area contributed by atoms with E-state index in [0.717, 1.165) is 62.4 Å². The molecule has 0 aliphatic heterocycles. The zero-order chi connectivity index (χ0) is 15.5. The van der Waals surface area contributed by atoms with E-state index < -0.39 is 0 Å². The van der Waals surface area contributed by atoms with E-state index in [1.54, 1.807) is 11.3 Å². The molecule has 0 saturated carbocycles. The summed E-state index contributed by atoms with van der Waals surface area (Å²) < 4.78 is 5.31. The molecular weight excluding hydrogens is 284 g/mol. The van der Waals surface area contributed by atoms with Gasteiger partial charge in [0.05, 0.1) is 10.7 Å². The smallest absolute Gasteiger partial charge is 0.191 e. The lowest BCUT2D eigenvalue weighted by atomic mass is 10.3. The van der Waals surface area contributed by atoms with Crippen LogP contribution in [0.1, 0.15) is 35.8 Å². The molecular formula is C15H28N4OS. The average Bonchev–Trinajstić information content (AvgIpc) is 2.77. The average molecular weight is 312 g/mol. The Bertz CT molecular complexity index is 431. The summed E-state index contributed by atoms with van der Waals surface area (Å²) in [5.74, 6) is 0.882. The van der Waals surface area contributed by atoms with Gasteiger partial charge in [-0.15, -0.1) is 11.3 Å². The Morgan fingerprint density at radius 1 is 1.29 bits per heavy atom. The molecule has 120 valence electrons. The Balaban J connectivity index is 2.33. The van der Waals surface area contributed by atoms with Crippen LogP contribution >= 0.6 is 11.3 Å². The number of hydrogen-bond donors (Lipinski definition) is 2. The van der Waals surface area contributed by atoms with E-state index in [2.05, 4.69) is 41.4 Å². The number of hydrogen-bond acceptors (Lipinski definition) is 4. The van der Waals surface area contributed by atoms with Crippen LogP contribution in [0.3, 0.4) is 0 Å². The normalized spacial score (nSPS) is 11.7. The summed E-state index contributed by atoms with van der Waals surface area (Å²) in [4.78, 5) is 10.4. The summed E-state index contributed by atoms with van der Waals surface area (Å²) in [5.41, 5.74) is 1.15. The zero-order valence-corrected chi connectivity index (χ0v) is 14.5. The highest BCUT2D eigenvalue weighted by molar-refractivity contribution is 7.11. The van der Waals surface area contributed by atoms with E-state index in [0.29, 0.717) is 0 Å². The molecule has 0 bridgehead atoms. The Morgan fingerprint density at radius 3 is 2.71 bits per heavy atom. The molecule has 0 atom stereocenters. The van der Waals surface area contributed by atoms with E-state index >= 15 is 0 Å². The fourth-order valence-electron chi connectivity index (χ4n) is 1.94. The first kappa shape index (κ1) is 17.9. The van der Waals surface area contributed by atoms with E-state index in [1.165, 1.54) is 4.88 Å². The van der Waals surface area contributed by atoms with Crippen molar-refractivity contribution in [2.24, 2.45) is 4.99 Å². The second-order valence-electron chi connectivity index (χ2n) is 4.73. The first-order valence-corrected chi connectivity index (χ1v) is 8.51. The van der Waals surface area contributed by atoms with Crippen molar-refractivity contribution in [3.8, 4) is 0 Å². The third-order valence-corrected chi connectivity index (χ3v) is 4.04.